The predicted molar refractivity (Wildman–Crippen MR) is 75.6 cm³/mol. The van der Waals surface area contributed by atoms with Crippen LogP contribution < -0.4 is 4.74 Å². The van der Waals surface area contributed by atoms with Gasteiger partial charge in [-0.05, 0) is 18.2 Å². The molecule has 0 atom stereocenters. The highest BCUT2D eigenvalue weighted by Gasteiger charge is 2.13. The summed E-state index contributed by atoms with van der Waals surface area (Å²) >= 11 is 0. The van der Waals surface area contributed by atoms with Gasteiger partial charge in [-0.1, -0.05) is 11.8 Å². The molecule has 0 aliphatic rings. The van der Waals surface area contributed by atoms with E-state index in [1.54, 1.807) is 25.2 Å². The minimum absolute atomic E-state index is 0.00677. The summed E-state index contributed by atoms with van der Waals surface area (Å²) in [4.78, 5) is 13.5. The minimum atomic E-state index is -0.188. The lowest BCUT2D eigenvalue weighted by atomic mass is 10.1. The standard InChI is InChI=1S/C15H19NO4/c1-16(8-10-18)15(19)13-6-7-14(20-2)12(11-13)5-3-4-9-17/h6-7,11,17-18H,4,8-10H2,1-2H3. The second kappa shape index (κ2) is 8.20. The molecule has 20 heavy (non-hydrogen) atoms. The van der Waals surface area contributed by atoms with Crippen LogP contribution in [-0.4, -0.2) is 54.9 Å². The predicted octanol–water partition coefficient (Wildman–Crippen LogP) is 0.493. The summed E-state index contributed by atoms with van der Waals surface area (Å²) in [6.07, 6.45) is 0.367. The number of amides is 1. The number of carbonyl (C=O) groups is 1. The molecule has 108 valence electrons. The van der Waals surface area contributed by atoms with Crippen LogP contribution in [0.1, 0.15) is 22.3 Å². The molecular formula is C15H19NO4. The number of ether oxygens (including phenoxy) is 1. The zero-order chi connectivity index (χ0) is 15.0. The van der Waals surface area contributed by atoms with Crippen LogP contribution in [0.5, 0.6) is 5.75 Å². The van der Waals surface area contributed by atoms with Gasteiger partial charge in [0, 0.05) is 25.6 Å². The first kappa shape index (κ1) is 16.0. The Labute approximate surface area is 118 Å². The van der Waals surface area contributed by atoms with Crippen LogP contribution >= 0.6 is 0 Å². The molecule has 0 saturated heterocycles. The van der Waals surface area contributed by atoms with E-state index in [0.29, 0.717) is 23.3 Å². The number of rotatable bonds is 5. The smallest absolute Gasteiger partial charge is 0.253 e. The van der Waals surface area contributed by atoms with Crippen LogP contribution in [0.25, 0.3) is 0 Å². The lowest BCUT2D eigenvalue weighted by Crippen LogP contribution is -2.29. The van der Waals surface area contributed by atoms with Crippen molar-refractivity contribution >= 4 is 5.91 Å². The van der Waals surface area contributed by atoms with Crippen molar-refractivity contribution in [3.63, 3.8) is 0 Å². The largest absolute Gasteiger partial charge is 0.495 e. The van der Waals surface area contributed by atoms with Crippen molar-refractivity contribution in [2.45, 2.75) is 6.42 Å². The van der Waals surface area contributed by atoms with E-state index in [0.717, 1.165) is 0 Å². The Morgan fingerprint density at radius 1 is 1.35 bits per heavy atom. The summed E-state index contributed by atoms with van der Waals surface area (Å²) in [5, 5.41) is 17.6. The van der Waals surface area contributed by atoms with Gasteiger partial charge in [-0.2, -0.15) is 0 Å². The highest BCUT2D eigenvalue weighted by atomic mass is 16.5. The molecule has 0 aliphatic heterocycles. The fourth-order valence-electron chi connectivity index (χ4n) is 1.62. The lowest BCUT2D eigenvalue weighted by Gasteiger charge is -2.16. The van der Waals surface area contributed by atoms with E-state index in [1.165, 1.54) is 12.0 Å². The first-order chi connectivity index (χ1) is 9.63. The number of benzene rings is 1. The fraction of sp³-hybridized carbons (Fsp3) is 0.400. The van der Waals surface area contributed by atoms with E-state index in [9.17, 15) is 4.79 Å². The van der Waals surface area contributed by atoms with Gasteiger partial charge in [-0.3, -0.25) is 4.79 Å². The van der Waals surface area contributed by atoms with Gasteiger partial charge >= 0.3 is 0 Å². The van der Waals surface area contributed by atoms with Crippen LogP contribution in [-0.2, 0) is 0 Å². The van der Waals surface area contributed by atoms with E-state index in [-0.39, 0.29) is 25.7 Å². The topological polar surface area (TPSA) is 70.0 Å². The maximum Gasteiger partial charge on any atom is 0.253 e. The average Bonchev–Trinajstić information content (AvgIpc) is 2.47. The highest BCUT2D eigenvalue weighted by Crippen LogP contribution is 2.19. The van der Waals surface area contributed by atoms with Gasteiger partial charge in [0.15, 0.2) is 0 Å². The number of aliphatic hydroxyl groups is 2. The number of hydrogen-bond donors (Lipinski definition) is 2. The minimum Gasteiger partial charge on any atom is -0.495 e. The normalized spacial score (nSPS) is 9.60. The number of nitrogens with zero attached hydrogens (tertiary/aromatic N) is 1. The molecule has 1 rings (SSSR count). The van der Waals surface area contributed by atoms with Crippen LogP contribution in [0.4, 0.5) is 0 Å². The fourth-order valence-corrected chi connectivity index (χ4v) is 1.62. The third-order valence-electron chi connectivity index (χ3n) is 2.69. The van der Waals surface area contributed by atoms with Crippen LogP contribution in [0.15, 0.2) is 18.2 Å². The van der Waals surface area contributed by atoms with Crippen molar-refractivity contribution in [1.29, 1.82) is 0 Å². The number of hydrogen-bond acceptors (Lipinski definition) is 4. The summed E-state index contributed by atoms with van der Waals surface area (Å²) in [7, 11) is 3.16. The number of carbonyl (C=O) groups excluding carboxylic acids is 1. The zero-order valence-corrected chi connectivity index (χ0v) is 11.7. The molecule has 1 aromatic carbocycles. The number of likely N-dealkylation sites (N-methyl/N-ethyl adjacent to an activating group) is 1. The molecule has 1 amide bonds. The molecular weight excluding hydrogens is 258 g/mol. The Hall–Kier alpha value is -2.03. The summed E-state index contributed by atoms with van der Waals surface area (Å²) in [5.74, 6) is 6.07. The zero-order valence-electron chi connectivity index (χ0n) is 11.7. The second-order valence-corrected chi connectivity index (χ2v) is 4.14. The Morgan fingerprint density at radius 2 is 2.10 bits per heavy atom. The van der Waals surface area contributed by atoms with Gasteiger partial charge in [0.05, 0.1) is 25.9 Å². The van der Waals surface area contributed by atoms with Gasteiger partial charge in [0.1, 0.15) is 5.75 Å². The Bertz CT molecular complexity index is 516. The summed E-state index contributed by atoms with van der Waals surface area (Å²) in [6.45, 7) is 0.186. The van der Waals surface area contributed by atoms with Crippen molar-refractivity contribution < 1.29 is 19.7 Å². The van der Waals surface area contributed by atoms with Crippen LogP contribution in [0.3, 0.4) is 0 Å². The van der Waals surface area contributed by atoms with Gasteiger partial charge in [0.2, 0.25) is 0 Å². The van der Waals surface area contributed by atoms with Crippen molar-refractivity contribution in [3.05, 3.63) is 29.3 Å². The van der Waals surface area contributed by atoms with Crippen molar-refractivity contribution in [2.24, 2.45) is 0 Å². The molecule has 0 radical (unpaired) electrons. The van der Waals surface area contributed by atoms with E-state index in [1.807, 2.05) is 0 Å². The highest BCUT2D eigenvalue weighted by molar-refractivity contribution is 5.94. The third-order valence-corrected chi connectivity index (χ3v) is 2.69. The van der Waals surface area contributed by atoms with E-state index in [2.05, 4.69) is 11.8 Å². The van der Waals surface area contributed by atoms with E-state index in [4.69, 9.17) is 14.9 Å². The maximum atomic E-state index is 12.1. The third kappa shape index (κ3) is 4.26. The Morgan fingerprint density at radius 3 is 2.70 bits per heavy atom. The quantitative estimate of drug-likeness (QED) is 0.769. The summed E-state index contributed by atoms with van der Waals surface area (Å²) < 4.78 is 5.19. The Balaban J connectivity index is 3.03. The van der Waals surface area contributed by atoms with Gasteiger partial charge in [0.25, 0.3) is 5.91 Å². The van der Waals surface area contributed by atoms with E-state index >= 15 is 0 Å². The van der Waals surface area contributed by atoms with Gasteiger partial charge in [-0.15, -0.1) is 0 Å². The average molecular weight is 277 g/mol. The van der Waals surface area contributed by atoms with Gasteiger partial charge in [-0.25, -0.2) is 0 Å². The molecule has 0 fully saturated rings. The SMILES string of the molecule is COc1ccc(C(=O)N(C)CCO)cc1C#CCCO. The molecule has 0 bridgehead atoms. The molecule has 0 unspecified atom stereocenters. The molecule has 2 N–H and O–H groups in total. The molecule has 0 aliphatic carbocycles. The molecule has 0 spiro atoms. The number of aliphatic hydroxyl groups excluding tert-OH is 2. The second-order valence-electron chi connectivity index (χ2n) is 4.14. The molecule has 5 nitrogen and oxygen atoms in total. The maximum absolute atomic E-state index is 12.1. The van der Waals surface area contributed by atoms with Crippen molar-refractivity contribution in [2.75, 3.05) is 33.9 Å². The van der Waals surface area contributed by atoms with E-state index < -0.39 is 0 Å². The van der Waals surface area contributed by atoms with Crippen LogP contribution in [0, 0.1) is 11.8 Å². The van der Waals surface area contributed by atoms with Crippen molar-refractivity contribution in [1.82, 2.24) is 4.90 Å². The molecule has 0 heterocycles. The lowest BCUT2D eigenvalue weighted by molar-refractivity contribution is 0.0767. The molecule has 1 aromatic rings. The van der Waals surface area contributed by atoms with Crippen molar-refractivity contribution in [3.8, 4) is 17.6 Å². The Kier molecular flexibility index (Phi) is 6.57. The molecule has 0 aromatic heterocycles. The van der Waals surface area contributed by atoms with Gasteiger partial charge < -0.3 is 19.8 Å². The van der Waals surface area contributed by atoms with Crippen LogP contribution in [0.2, 0.25) is 0 Å². The molecule has 0 saturated carbocycles. The molecule has 5 heteroatoms. The summed E-state index contributed by atoms with van der Waals surface area (Å²) in [5.41, 5.74) is 1.08. The monoisotopic (exact) mass is 277 g/mol. The number of methoxy groups -OCH3 is 1. The first-order valence-electron chi connectivity index (χ1n) is 6.28. The first-order valence-corrected chi connectivity index (χ1v) is 6.28. The summed E-state index contributed by atoms with van der Waals surface area (Å²) in [6, 6.07) is 4.99.